The third kappa shape index (κ3) is 41.6. The Morgan fingerprint density at radius 3 is 0.907 bits per heavy atom. The molecule has 0 rings (SSSR count). The van der Waals surface area contributed by atoms with Gasteiger partial charge in [0.05, 0.1) is 0 Å². The summed E-state index contributed by atoms with van der Waals surface area (Å²) in [7, 11) is 0. The van der Waals surface area contributed by atoms with Gasteiger partial charge >= 0.3 is 17.9 Å². The Morgan fingerprint density at radius 1 is 0.352 bits per heavy atom. The average molecular weight is 765 g/mol. The molecular formula is C48H92O6. The van der Waals surface area contributed by atoms with Crippen LogP contribution in [-0.4, -0.2) is 37.2 Å². The average Bonchev–Trinajstić information content (AvgIpc) is 3.14. The summed E-state index contributed by atoms with van der Waals surface area (Å²) in [5.74, 6) is 0.782. The first-order valence-corrected chi connectivity index (χ1v) is 23.7. The highest BCUT2D eigenvalue weighted by Gasteiger charge is 2.19. The standard InChI is InChI=1S/C48H92O6/c1-6-7-8-9-21-28-33-38-46(49)52-41-45(42-53-47(50)39-34-29-24-20-19-23-27-32-37-44(4)5)54-48(51)40-35-30-25-18-16-14-12-10-11-13-15-17-22-26-31-36-43(2)3/h43-45H,6-42H2,1-5H3/t45-/m0/s1. The van der Waals surface area contributed by atoms with E-state index >= 15 is 0 Å². The fourth-order valence-corrected chi connectivity index (χ4v) is 7.11. The van der Waals surface area contributed by atoms with Gasteiger partial charge in [0.2, 0.25) is 0 Å². The first-order valence-electron chi connectivity index (χ1n) is 23.7. The van der Waals surface area contributed by atoms with Gasteiger partial charge < -0.3 is 14.2 Å². The van der Waals surface area contributed by atoms with Gasteiger partial charge in [-0.05, 0) is 31.1 Å². The first-order chi connectivity index (χ1) is 26.2. The Hall–Kier alpha value is -1.59. The van der Waals surface area contributed by atoms with Crippen molar-refractivity contribution in [2.45, 2.75) is 265 Å². The van der Waals surface area contributed by atoms with Gasteiger partial charge in [0, 0.05) is 19.3 Å². The minimum Gasteiger partial charge on any atom is -0.462 e. The molecule has 0 radical (unpaired) electrons. The van der Waals surface area contributed by atoms with Crippen molar-refractivity contribution < 1.29 is 28.6 Å². The Morgan fingerprint density at radius 2 is 0.611 bits per heavy atom. The van der Waals surface area contributed by atoms with E-state index in [9.17, 15) is 14.4 Å². The van der Waals surface area contributed by atoms with Crippen LogP contribution >= 0.6 is 0 Å². The highest BCUT2D eigenvalue weighted by molar-refractivity contribution is 5.71. The van der Waals surface area contributed by atoms with Gasteiger partial charge in [0.1, 0.15) is 13.2 Å². The monoisotopic (exact) mass is 765 g/mol. The molecule has 0 aliphatic heterocycles. The lowest BCUT2D eigenvalue weighted by atomic mass is 10.0. The molecule has 6 heteroatoms. The van der Waals surface area contributed by atoms with Crippen LogP contribution in [0.2, 0.25) is 0 Å². The van der Waals surface area contributed by atoms with Crippen LogP contribution in [0.5, 0.6) is 0 Å². The number of unbranched alkanes of at least 4 members (excludes halogenated alkanes) is 27. The summed E-state index contributed by atoms with van der Waals surface area (Å²) in [5, 5.41) is 0. The van der Waals surface area contributed by atoms with E-state index in [0.29, 0.717) is 19.3 Å². The lowest BCUT2D eigenvalue weighted by Gasteiger charge is -2.18. The van der Waals surface area contributed by atoms with E-state index in [2.05, 4.69) is 34.6 Å². The molecule has 0 amide bonds. The van der Waals surface area contributed by atoms with Crippen LogP contribution in [0.1, 0.15) is 259 Å². The molecule has 1 atom stereocenters. The molecule has 6 nitrogen and oxygen atoms in total. The van der Waals surface area contributed by atoms with Crippen LogP contribution in [0, 0.1) is 11.8 Å². The fraction of sp³-hybridized carbons (Fsp3) is 0.938. The van der Waals surface area contributed by atoms with Gasteiger partial charge in [0.25, 0.3) is 0 Å². The third-order valence-corrected chi connectivity index (χ3v) is 10.7. The molecule has 0 aromatic carbocycles. The molecule has 0 spiro atoms. The summed E-state index contributed by atoms with van der Waals surface area (Å²) in [4.78, 5) is 37.6. The van der Waals surface area contributed by atoms with E-state index in [1.807, 2.05) is 0 Å². The molecule has 54 heavy (non-hydrogen) atoms. The zero-order chi connectivity index (χ0) is 39.7. The van der Waals surface area contributed by atoms with Crippen LogP contribution in [-0.2, 0) is 28.6 Å². The molecule has 0 N–H and O–H groups in total. The molecule has 0 saturated carbocycles. The quantitative estimate of drug-likeness (QED) is 0.0350. The number of ether oxygens (including phenoxy) is 3. The Labute approximate surface area is 336 Å². The van der Waals surface area contributed by atoms with Crippen molar-refractivity contribution in [3.05, 3.63) is 0 Å². The van der Waals surface area contributed by atoms with Gasteiger partial charge in [-0.2, -0.15) is 0 Å². The molecular weight excluding hydrogens is 673 g/mol. The number of rotatable bonds is 42. The lowest BCUT2D eigenvalue weighted by molar-refractivity contribution is -0.167. The van der Waals surface area contributed by atoms with Crippen molar-refractivity contribution in [3.8, 4) is 0 Å². The molecule has 0 unspecified atom stereocenters. The highest BCUT2D eigenvalue weighted by atomic mass is 16.6. The molecule has 0 saturated heterocycles. The van der Waals surface area contributed by atoms with Crippen molar-refractivity contribution in [2.24, 2.45) is 11.8 Å². The predicted molar refractivity (Wildman–Crippen MR) is 229 cm³/mol. The summed E-state index contributed by atoms with van der Waals surface area (Å²) in [6, 6.07) is 0. The minimum absolute atomic E-state index is 0.0654. The second-order valence-corrected chi connectivity index (χ2v) is 17.3. The summed E-state index contributed by atoms with van der Waals surface area (Å²) < 4.78 is 16.7. The second kappa shape index (κ2) is 41.1. The molecule has 0 fully saturated rings. The molecule has 0 aliphatic carbocycles. The van der Waals surface area contributed by atoms with E-state index in [1.165, 1.54) is 148 Å². The predicted octanol–water partition coefficient (Wildman–Crippen LogP) is 15.0. The number of carbonyl (C=O) groups is 3. The largest absolute Gasteiger partial charge is 0.462 e. The molecule has 0 aliphatic rings. The number of hydrogen-bond acceptors (Lipinski definition) is 6. The molecule has 0 aromatic rings. The van der Waals surface area contributed by atoms with E-state index < -0.39 is 6.10 Å². The maximum Gasteiger partial charge on any atom is 0.306 e. The van der Waals surface area contributed by atoms with E-state index in [4.69, 9.17) is 14.2 Å². The topological polar surface area (TPSA) is 78.9 Å². The Bertz CT molecular complexity index is 824. The van der Waals surface area contributed by atoms with Gasteiger partial charge in [-0.3, -0.25) is 14.4 Å². The first kappa shape index (κ1) is 52.4. The zero-order valence-electron chi connectivity index (χ0n) is 36.8. The van der Waals surface area contributed by atoms with Crippen LogP contribution in [0.25, 0.3) is 0 Å². The van der Waals surface area contributed by atoms with Crippen LogP contribution < -0.4 is 0 Å². The molecule has 320 valence electrons. The SMILES string of the molecule is CCCCCCCCCC(=O)OC[C@@H](COC(=O)CCCCCCCCCCC(C)C)OC(=O)CCCCCCCCCCCCCCCCCC(C)C. The molecule has 0 aromatic heterocycles. The number of carbonyl (C=O) groups excluding carboxylic acids is 3. The smallest absolute Gasteiger partial charge is 0.306 e. The van der Waals surface area contributed by atoms with Crippen LogP contribution in [0.3, 0.4) is 0 Å². The van der Waals surface area contributed by atoms with Crippen molar-refractivity contribution in [1.82, 2.24) is 0 Å². The summed E-state index contributed by atoms with van der Waals surface area (Å²) in [6.45, 7) is 11.3. The van der Waals surface area contributed by atoms with Gasteiger partial charge in [-0.1, -0.05) is 221 Å². The Kier molecular flexibility index (Phi) is 39.8. The number of esters is 3. The van der Waals surface area contributed by atoms with Gasteiger partial charge in [-0.25, -0.2) is 0 Å². The van der Waals surface area contributed by atoms with Gasteiger partial charge in [0.15, 0.2) is 6.10 Å². The second-order valence-electron chi connectivity index (χ2n) is 17.3. The summed E-state index contributed by atoms with van der Waals surface area (Å²) in [5.41, 5.74) is 0. The fourth-order valence-electron chi connectivity index (χ4n) is 7.11. The summed E-state index contributed by atoms with van der Waals surface area (Å²) >= 11 is 0. The Balaban J connectivity index is 4.21. The maximum absolute atomic E-state index is 12.7. The normalized spacial score (nSPS) is 12.1. The highest BCUT2D eigenvalue weighted by Crippen LogP contribution is 2.17. The molecule has 0 bridgehead atoms. The van der Waals surface area contributed by atoms with Gasteiger partial charge in [-0.15, -0.1) is 0 Å². The van der Waals surface area contributed by atoms with Crippen molar-refractivity contribution in [1.29, 1.82) is 0 Å². The number of hydrogen-bond donors (Lipinski definition) is 0. The zero-order valence-corrected chi connectivity index (χ0v) is 36.8. The maximum atomic E-state index is 12.7. The summed E-state index contributed by atoms with van der Waals surface area (Å²) in [6.07, 6.45) is 39.6. The minimum atomic E-state index is -0.759. The third-order valence-electron chi connectivity index (χ3n) is 10.7. The van der Waals surface area contributed by atoms with E-state index in [-0.39, 0.29) is 31.1 Å². The van der Waals surface area contributed by atoms with Crippen molar-refractivity contribution >= 4 is 17.9 Å². The van der Waals surface area contributed by atoms with Crippen LogP contribution in [0.4, 0.5) is 0 Å². The van der Waals surface area contributed by atoms with E-state index in [0.717, 1.165) is 69.6 Å². The molecule has 0 heterocycles. The van der Waals surface area contributed by atoms with Crippen LogP contribution in [0.15, 0.2) is 0 Å². The lowest BCUT2D eigenvalue weighted by Crippen LogP contribution is -2.30. The van der Waals surface area contributed by atoms with Crippen molar-refractivity contribution in [2.75, 3.05) is 13.2 Å². The van der Waals surface area contributed by atoms with Crippen molar-refractivity contribution in [3.63, 3.8) is 0 Å². The van der Waals surface area contributed by atoms with E-state index in [1.54, 1.807) is 0 Å².